The SMILES string of the molecule is COc1cccc(-n2cnnc2SC(C)C(=O)Nc2cccc(S(=O)(=O)N(C)C)c2)c1. The number of sulfonamides is 1. The summed E-state index contributed by atoms with van der Waals surface area (Å²) in [7, 11) is 0.908. The maximum Gasteiger partial charge on any atom is 0.242 e. The molecule has 0 saturated carbocycles. The van der Waals surface area contributed by atoms with Crippen LogP contribution in [0.3, 0.4) is 0 Å². The van der Waals surface area contributed by atoms with Gasteiger partial charge in [-0.3, -0.25) is 9.36 Å². The number of rotatable bonds is 8. The molecular weight excluding hydrogens is 438 g/mol. The van der Waals surface area contributed by atoms with Crippen molar-refractivity contribution >= 4 is 33.4 Å². The Morgan fingerprint density at radius 3 is 2.65 bits per heavy atom. The first kappa shape index (κ1) is 22.8. The van der Waals surface area contributed by atoms with Gasteiger partial charge in [0.1, 0.15) is 12.1 Å². The molecule has 1 N–H and O–H groups in total. The summed E-state index contributed by atoms with van der Waals surface area (Å²) in [5.74, 6) is 0.407. The van der Waals surface area contributed by atoms with E-state index < -0.39 is 15.3 Å². The molecular formula is C20H23N5O4S2. The molecule has 11 heteroatoms. The molecule has 0 saturated heterocycles. The van der Waals surface area contributed by atoms with E-state index in [0.29, 0.717) is 16.6 Å². The monoisotopic (exact) mass is 461 g/mol. The van der Waals surface area contributed by atoms with Gasteiger partial charge in [0.25, 0.3) is 0 Å². The minimum Gasteiger partial charge on any atom is -0.497 e. The number of hydrogen-bond acceptors (Lipinski definition) is 7. The van der Waals surface area contributed by atoms with Gasteiger partial charge < -0.3 is 10.1 Å². The van der Waals surface area contributed by atoms with E-state index in [1.54, 1.807) is 37.1 Å². The molecule has 3 rings (SSSR count). The third kappa shape index (κ3) is 5.24. The molecule has 9 nitrogen and oxygen atoms in total. The van der Waals surface area contributed by atoms with Gasteiger partial charge >= 0.3 is 0 Å². The largest absolute Gasteiger partial charge is 0.497 e. The second-order valence-electron chi connectivity index (χ2n) is 6.75. The van der Waals surface area contributed by atoms with Gasteiger partial charge in [-0.2, -0.15) is 0 Å². The molecule has 0 aliphatic rings. The lowest BCUT2D eigenvalue weighted by Gasteiger charge is -2.15. The number of ether oxygens (including phenoxy) is 1. The summed E-state index contributed by atoms with van der Waals surface area (Å²) in [5, 5.41) is 10.9. The fourth-order valence-corrected chi connectivity index (χ4v) is 4.43. The van der Waals surface area contributed by atoms with Crippen LogP contribution in [0.4, 0.5) is 5.69 Å². The zero-order valence-electron chi connectivity index (χ0n) is 17.5. The minimum absolute atomic E-state index is 0.105. The third-order valence-corrected chi connectivity index (χ3v) is 7.25. The first-order valence-electron chi connectivity index (χ1n) is 9.27. The fourth-order valence-electron chi connectivity index (χ4n) is 2.64. The zero-order chi connectivity index (χ0) is 22.6. The van der Waals surface area contributed by atoms with E-state index in [0.717, 1.165) is 9.99 Å². The van der Waals surface area contributed by atoms with Crippen molar-refractivity contribution < 1.29 is 17.9 Å². The van der Waals surface area contributed by atoms with Crippen LogP contribution in [0.25, 0.3) is 5.69 Å². The second-order valence-corrected chi connectivity index (χ2v) is 10.2. The van der Waals surface area contributed by atoms with E-state index in [9.17, 15) is 13.2 Å². The van der Waals surface area contributed by atoms with Crippen LogP contribution in [0.2, 0.25) is 0 Å². The molecule has 1 atom stereocenters. The number of anilines is 1. The lowest BCUT2D eigenvalue weighted by atomic mass is 10.3. The van der Waals surface area contributed by atoms with Crippen molar-refractivity contribution in [2.75, 3.05) is 26.5 Å². The van der Waals surface area contributed by atoms with Gasteiger partial charge in [0.2, 0.25) is 15.9 Å². The molecule has 0 bridgehead atoms. The van der Waals surface area contributed by atoms with Crippen molar-refractivity contribution in [3.63, 3.8) is 0 Å². The molecule has 0 fully saturated rings. The van der Waals surface area contributed by atoms with Crippen molar-refractivity contribution in [1.29, 1.82) is 0 Å². The molecule has 0 aliphatic heterocycles. The predicted molar refractivity (Wildman–Crippen MR) is 119 cm³/mol. The molecule has 0 radical (unpaired) electrons. The van der Waals surface area contributed by atoms with Gasteiger partial charge in [-0.05, 0) is 37.3 Å². The lowest BCUT2D eigenvalue weighted by Crippen LogP contribution is -2.24. The number of amides is 1. The van der Waals surface area contributed by atoms with Crippen LogP contribution >= 0.6 is 11.8 Å². The average molecular weight is 462 g/mol. The van der Waals surface area contributed by atoms with Crippen LogP contribution in [0, 0.1) is 0 Å². The van der Waals surface area contributed by atoms with Gasteiger partial charge in [-0.15, -0.1) is 10.2 Å². The summed E-state index contributed by atoms with van der Waals surface area (Å²) in [4.78, 5) is 12.8. The number of benzene rings is 2. The predicted octanol–water partition coefficient (Wildman–Crippen LogP) is 2.65. The Bertz CT molecular complexity index is 1180. The first-order chi connectivity index (χ1) is 14.7. The Morgan fingerprint density at radius 2 is 1.94 bits per heavy atom. The van der Waals surface area contributed by atoms with E-state index in [4.69, 9.17) is 4.74 Å². The van der Waals surface area contributed by atoms with E-state index in [-0.39, 0.29) is 10.8 Å². The maximum atomic E-state index is 12.7. The Kier molecular flexibility index (Phi) is 6.98. The highest BCUT2D eigenvalue weighted by Gasteiger charge is 2.21. The fraction of sp³-hybridized carbons (Fsp3) is 0.250. The molecule has 0 spiro atoms. The van der Waals surface area contributed by atoms with Crippen molar-refractivity contribution in [3.05, 3.63) is 54.9 Å². The minimum atomic E-state index is -3.59. The average Bonchev–Trinajstić information content (AvgIpc) is 3.21. The number of carbonyl (C=O) groups excluding carboxylic acids is 1. The van der Waals surface area contributed by atoms with Gasteiger partial charge in [0.05, 0.1) is 22.9 Å². The summed E-state index contributed by atoms with van der Waals surface area (Å²) < 4.78 is 32.8. The van der Waals surface area contributed by atoms with E-state index in [1.807, 2.05) is 24.3 Å². The number of hydrogen-bond donors (Lipinski definition) is 1. The standard InChI is InChI=1S/C20H23N5O4S2/c1-14(19(26)22-15-7-5-10-18(11-15)31(27,28)24(2)3)30-20-23-21-13-25(20)16-8-6-9-17(12-16)29-4/h5-14H,1-4H3,(H,22,26). The molecule has 0 aliphatic carbocycles. The van der Waals surface area contributed by atoms with Crippen LogP contribution in [0.5, 0.6) is 5.75 Å². The number of nitrogens with zero attached hydrogens (tertiary/aromatic N) is 4. The number of thioether (sulfide) groups is 1. The van der Waals surface area contributed by atoms with Crippen LogP contribution in [0.1, 0.15) is 6.92 Å². The topological polar surface area (TPSA) is 106 Å². The highest BCUT2D eigenvalue weighted by Crippen LogP contribution is 2.26. The molecule has 1 aromatic heterocycles. The number of nitrogens with one attached hydrogen (secondary N) is 1. The summed E-state index contributed by atoms with van der Waals surface area (Å²) >= 11 is 1.24. The van der Waals surface area contributed by atoms with Crippen LogP contribution < -0.4 is 10.1 Å². The van der Waals surface area contributed by atoms with Crippen molar-refractivity contribution in [1.82, 2.24) is 19.1 Å². The molecule has 3 aromatic rings. The molecule has 1 heterocycles. The number of carbonyl (C=O) groups is 1. The quantitative estimate of drug-likeness (QED) is 0.514. The smallest absolute Gasteiger partial charge is 0.242 e. The molecule has 164 valence electrons. The van der Waals surface area contributed by atoms with Crippen LogP contribution in [-0.4, -0.2) is 59.8 Å². The van der Waals surface area contributed by atoms with Crippen molar-refractivity contribution in [2.45, 2.75) is 22.2 Å². The molecule has 1 unspecified atom stereocenters. The Labute approximate surface area is 185 Å². The highest BCUT2D eigenvalue weighted by molar-refractivity contribution is 8.00. The van der Waals surface area contributed by atoms with E-state index in [2.05, 4.69) is 15.5 Å². The zero-order valence-corrected chi connectivity index (χ0v) is 19.1. The number of methoxy groups -OCH3 is 1. The van der Waals surface area contributed by atoms with E-state index in [1.165, 1.54) is 38.0 Å². The molecule has 31 heavy (non-hydrogen) atoms. The number of aromatic nitrogens is 3. The maximum absolute atomic E-state index is 12.7. The van der Waals surface area contributed by atoms with Gasteiger partial charge in [0, 0.05) is 25.8 Å². The second kappa shape index (κ2) is 9.50. The Morgan fingerprint density at radius 1 is 1.19 bits per heavy atom. The summed E-state index contributed by atoms with van der Waals surface area (Å²) in [6, 6.07) is 13.6. The summed E-state index contributed by atoms with van der Waals surface area (Å²) in [5.41, 5.74) is 1.20. The van der Waals surface area contributed by atoms with Gasteiger partial charge in [-0.25, -0.2) is 12.7 Å². The van der Waals surface area contributed by atoms with Gasteiger partial charge in [-0.1, -0.05) is 23.9 Å². The summed E-state index contributed by atoms with van der Waals surface area (Å²) in [6.45, 7) is 1.74. The van der Waals surface area contributed by atoms with Crippen molar-refractivity contribution in [2.24, 2.45) is 0 Å². The highest BCUT2D eigenvalue weighted by atomic mass is 32.2. The van der Waals surface area contributed by atoms with E-state index >= 15 is 0 Å². The molecule has 2 aromatic carbocycles. The normalized spacial score (nSPS) is 12.5. The van der Waals surface area contributed by atoms with Crippen molar-refractivity contribution in [3.8, 4) is 11.4 Å². The van der Waals surface area contributed by atoms with Crippen LogP contribution in [-0.2, 0) is 14.8 Å². The third-order valence-electron chi connectivity index (χ3n) is 4.38. The van der Waals surface area contributed by atoms with Gasteiger partial charge in [0.15, 0.2) is 5.16 Å². The lowest BCUT2D eigenvalue weighted by molar-refractivity contribution is -0.115. The Balaban J connectivity index is 1.74. The summed E-state index contributed by atoms with van der Waals surface area (Å²) in [6.07, 6.45) is 1.57. The van der Waals surface area contributed by atoms with Crippen LogP contribution in [0.15, 0.2) is 64.9 Å². The first-order valence-corrected chi connectivity index (χ1v) is 11.6. The molecule has 1 amide bonds. The Hall–Kier alpha value is -2.89.